The van der Waals surface area contributed by atoms with Crippen molar-refractivity contribution in [3.8, 4) is 11.1 Å². The quantitative estimate of drug-likeness (QED) is 0.201. The second-order valence-electron chi connectivity index (χ2n) is 5.55. The molecule has 4 aromatic carbocycles. The second-order valence-corrected chi connectivity index (χ2v) is 5.55. The van der Waals surface area contributed by atoms with Crippen molar-refractivity contribution in [1.82, 2.24) is 0 Å². The molecule has 0 nitrogen and oxygen atoms in total. The minimum absolute atomic E-state index is 0. The summed E-state index contributed by atoms with van der Waals surface area (Å²) in [6, 6.07) is 32.8. The third-order valence-electron chi connectivity index (χ3n) is 4.16. The van der Waals surface area contributed by atoms with Crippen molar-refractivity contribution in [2.45, 2.75) is 6.42 Å². The predicted octanol–water partition coefficient (Wildman–Crippen LogP) is 5.84. The van der Waals surface area contributed by atoms with Crippen molar-refractivity contribution in [2.24, 2.45) is 0 Å². The zero-order chi connectivity index (χ0) is 14.8. The van der Waals surface area contributed by atoms with Crippen LogP contribution in [0.1, 0.15) is 14.0 Å². The standard InChI is InChI=1S/C13H9.C9H7.Hf.2H/c1-3-7-12-10(5-1)9-11-6-2-4-8-13(11)12;1-2-5-9-7-3-6-8(9)4-1;;;/h1-5,7-8H,9H2;1-7H;;;/q2*-1;+4;2*-1. The molecule has 0 spiro atoms. The van der Waals surface area contributed by atoms with Crippen LogP contribution in [0.2, 0.25) is 0 Å². The van der Waals surface area contributed by atoms with E-state index in [-0.39, 0.29) is 28.7 Å². The summed E-state index contributed by atoms with van der Waals surface area (Å²) < 4.78 is 0. The summed E-state index contributed by atoms with van der Waals surface area (Å²) in [6.07, 6.45) is 1.05. The summed E-state index contributed by atoms with van der Waals surface area (Å²) in [4.78, 5) is 0. The van der Waals surface area contributed by atoms with Gasteiger partial charge >= 0.3 is 25.8 Å². The van der Waals surface area contributed by atoms with Gasteiger partial charge in [0, 0.05) is 0 Å². The maximum atomic E-state index is 3.30. The molecule has 4 aromatic rings. The molecule has 1 heteroatoms. The first-order valence-electron chi connectivity index (χ1n) is 7.60. The van der Waals surface area contributed by atoms with Crippen LogP contribution < -0.4 is 0 Å². The van der Waals surface area contributed by atoms with Gasteiger partial charge in [-0.25, -0.2) is 0 Å². The molecule has 1 aliphatic rings. The Kier molecular flexibility index (Phi) is 4.97. The van der Waals surface area contributed by atoms with Crippen LogP contribution in [0.15, 0.2) is 84.9 Å². The Hall–Kier alpha value is -1.86. The molecule has 0 fully saturated rings. The number of fused-ring (bicyclic) bond motifs is 4. The molecule has 110 valence electrons. The monoisotopic (exact) mass is 462 g/mol. The number of hydrogen-bond acceptors (Lipinski definition) is 0. The molecule has 23 heavy (non-hydrogen) atoms. The van der Waals surface area contributed by atoms with Crippen LogP contribution in [-0.4, -0.2) is 0 Å². The molecule has 0 bridgehead atoms. The van der Waals surface area contributed by atoms with Crippen LogP contribution in [0, 0.1) is 6.07 Å². The van der Waals surface area contributed by atoms with Crippen LogP contribution in [0.3, 0.4) is 0 Å². The van der Waals surface area contributed by atoms with Gasteiger partial charge in [0.2, 0.25) is 0 Å². The third-order valence-corrected chi connectivity index (χ3v) is 4.16. The van der Waals surface area contributed by atoms with E-state index in [2.05, 4.69) is 84.9 Å². The molecule has 0 N–H and O–H groups in total. The maximum Gasteiger partial charge on any atom is 4.00 e. The van der Waals surface area contributed by atoms with E-state index >= 15 is 0 Å². The van der Waals surface area contributed by atoms with Crippen molar-refractivity contribution in [2.75, 3.05) is 0 Å². The SMILES string of the molecule is [H-].[H-].[Hf+4].[c-]1cccc2c1Cc1ccccc1-2.c1ccc2[cH-]ccc2c1. The summed E-state index contributed by atoms with van der Waals surface area (Å²) in [7, 11) is 0. The van der Waals surface area contributed by atoms with E-state index in [0.29, 0.717) is 0 Å². The minimum Gasteiger partial charge on any atom is -1.00 e. The largest absolute Gasteiger partial charge is 4.00 e. The van der Waals surface area contributed by atoms with Crippen molar-refractivity contribution >= 4 is 10.8 Å². The fourth-order valence-electron chi connectivity index (χ4n) is 3.07. The van der Waals surface area contributed by atoms with Gasteiger partial charge in [-0.2, -0.15) is 47.3 Å². The molecule has 0 saturated heterocycles. The van der Waals surface area contributed by atoms with E-state index in [4.69, 9.17) is 0 Å². The molecule has 0 radical (unpaired) electrons. The number of benzene rings is 3. The van der Waals surface area contributed by atoms with E-state index in [1.54, 1.807) is 0 Å². The molecular formula is C22H18Hf. The molecule has 0 amide bonds. The van der Waals surface area contributed by atoms with Gasteiger partial charge in [-0.05, 0) is 6.42 Å². The van der Waals surface area contributed by atoms with Crippen molar-refractivity contribution in [1.29, 1.82) is 0 Å². The van der Waals surface area contributed by atoms with Crippen LogP contribution in [-0.2, 0) is 32.3 Å². The summed E-state index contributed by atoms with van der Waals surface area (Å²) in [6.45, 7) is 0. The molecule has 0 aromatic heterocycles. The van der Waals surface area contributed by atoms with Gasteiger partial charge in [0.15, 0.2) is 0 Å². The van der Waals surface area contributed by atoms with Crippen LogP contribution in [0.5, 0.6) is 0 Å². The zero-order valence-corrected chi connectivity index (χ0v) is 16.4. The topological polar surface area (TPSA) is 0 Å². The Labute approximate surface area is 158 Å². The van der Waals surface area contributed by atoms with Gasteiger partial charge in [0.05, 0.1) is 0 Å². The molecule has 0 heterocycles. The van der Waals surface area contributed by atoms with E-state index in [1.807, 2.05) is 6.07 Å². The van der Waals surface area contributed by atoms with Gasteiger partial charge < -0.3 is 2.85 Å². The van der Waals surface area contributed by atoms with E-state index in [9.17, 15) is 0 Å². The minimum atomic E-state index is 0. The van der Waals surface area contributed by atoms with Gasteiger partial charge in [0.1, 0.15) is 0 Å². The average molecular weight is 461 g/mol. The fourth-order valence-corrected chi connectivity index (χ4v) is 3.07. The van der Waals surface area contributed by atoms with E-state index in [1.165, 1.54) is 33.0 Å². The van der Waals surface area contributed by atoms with E-state index in [0.717, 1.165) is 6.42 Å². The predicted molar refractivity (Wildman–Crippen MR) is 95.3 cm³/mol. The summed E-state index contributed by atoms with van der Waals surface area (Å²) >= 11 is 0. The maximum absolute atomic E-state index is 3.30. The van der Waals surface area contributed by atoms with Crippen molar-refractivity contribution < 1.29 is 28.7 Å². The molecule has 0 aliphatic heterocycles. The van der Waals surface area contributed by atoms with Gasteiger partial charge in [-0.15, -0.1) is 35.2 Å². The van der Waals surface area contributed by atoms with Crippen LogP contribution in [0.4, 0.5) is 0 Å². The van der Waals surface area contributed by atoms with Crippen LogP contribution >= 0.6 is 0 Å². The normalized spacial score (nSPS) is 11.0. The molecule has 1 aliphatic carbocycles. The van der Waals surface area contributed by atoms with Crippen molar-refractivity contribution in [3.05, 3.63) is 102 Å². The molecule has 0 atom stereocenters. The Morgan fingerprint density at radius 1 is 0.826 bits per heavy atom. The second kappa shape index (κ2) is 7.14. The summed E-state index contributed by atoms with van der Waals surface area (Å²) in [5, 5.41) is 2.66. The molecular weight excluding hydrogens is 443 g/mol. The summed E-state index contributed by atoms with van der Waals surface area (Å²) in [5.74, 6) is 0. The molecule has 5 rings (SSSR count). The first-order valence-corrected chi connectivity index (χ1v) is 7.60. The molecule has 0 saturated carbocycles. The third kappa shape index (κ3) is 3.25. The smallest absolute Gasteiger partial charge is 1.00 e. The van der Waals surface area contributed by atoms with Gasteiger partial charge in [-0.1, -0.05) is 41.5 Å². The first-order chi connectivity index (χ1) is 10.9. The Bertz CT molecular complexity index is 854. The summed E-state index contributed by atoms with van der Waals surface area (Å²) in [5.41, 5.74) is 5.51. The van der Waals surface area contributed by atoms with Crippen LogP contribution in [0.25, 0.3) is 21.9 Å². The fraction of sp³-hybridized carbons (Fsp3) is 0.0455. The zero-order valence-electron chi connectivity index (χ0n) is 14.8. The Morgan fingerprint density at radius 2 is 1.61 bits per heavy atom. The van der Waals surface area contributed by atoms with E-state index < -0.39 is 0 Å². The van der Waals surface area contributed by atoms with Crippen molar-refractivity contribution in [3.63, 3.8) is 0 Å². The van der Waals surface area contributed by atoms with Gasteiger partial charge in [-0.3, -0.25) is 0 Å². The number of rotatable bonds is 0. The molecule has 0 unspecified atom stereocenters. The average Bonchev–Trinajstić information content (AvgIpc) is 3.19. The Morgan fingerprint density at radius 3 is 2.52 bits per heavy atom. The van der Waals surface area contributed by atoms with Gasteiger partial charge in [0.25, 0.3) is 0 Å². The Balaban J connectivity index is 0.000000234. The first kappa shape index (κ1) is 16.0. The number of hydrogen-bond donors (Lipinski definition) is 0.